The standard InChI is InChI=1S/C15H30N2O4S/c1-6-8-11(9-7-2)22(20,21)10-12(16)13(18)17-14(19)15(3,4)5/h11-12H,6-10,16H2,1-5H3,(H,17,18,19)/t12-/m1/s1. The van der Waals surface area contributed by atoms with Gasteiger partial charge in [0.05, 0.1) is 17.0 Å². The fourth-order valence-electron chi connectivity index (χ4n) is 2.00. The summed E-state index contributed by atoms with van der Waals surface area (Å²) in [6, 6.07) is -1.23. The minimum atomic E-state index is -3.46. The SMILES string of the molecule is CCCC(CCC)S(=O)(=O)C[C@@H](N)C(=O)NC(=O)C(C)(C)C. The summed E-state index contributed by atoms with van der Waals surface area (Å²) in [6.07, 6.45) is 2.64. The van der Waals surface area contributed by atoms with Gasteiger partial charge in [0, 0.05) is 5.41 Å². The molecule has 0 saturated carbocycles. The van der Waals surface area contributed by atoms with E-state index in [1.165, 1.54) is 0 Å². The average Bonchev–Trinajstić information content (AvgIpc) is 2.36. The van der Waals surface area contributed by atoms with Crippen LogP contribution >= 0.6 is 0 Å². The van der Waals surface area contributed by atoms with Crippen molar-refractivity contribution >= 4 is 21.7 Å². The van der Waals surface area contributed by atoms with Crippen LogP contribution in [0, 0.1) is 5.41 Å². The van der Waals surface area contributed by atoms with Gasteiger partial charge in [0.25, 0.3) is 0 Å². The molecule has 0 aliphatic carbocycles. The number of imide groups is 1. The van der Waals surface area contributed by atoms with Gasteiger partial charge in [-0.15, -0.1) is 0 Å². The number of carbonyl (C=O) groups is 2. The quantitative estimate of drug-likeness (QED) is 0.697. The number of carbonyl (C=O) groups excluding carboxylic acids is 2. The van der Waals surface area contributed by atoms with Crippen LogP contribution in [-0.2, 0) is 19.4 Å². The van der Waals surface area contributed by atoms with Gasteiger partial charge >= 0.3 is 0 Å². The van der Waals surface area contributed by atoms with Crippen LogP contribution in [0.15, 0.2) is 0 Å². The zero-order valence-corrected chi connectivity index (χ0v) is 15.1. The monoisotopic (exact) mass is 334 g/mol. The Balaban J connectivity index is 4.84. The van der Waals surface area contributed by atoms with E-state index in [0.717, 1.165) is 12.8 Å². The molecule has 0 aromatic rings. The fourth-order valence-corrected chi connectivity index (χ4v) is 4.12. The molecule has 0 unspecified atom stereocenters. The van der Waals surface area contributed by atoms with Crippen LogP contribution in [-0.4, -0.2) is 37.3 Å². The van der Waals surface area contributed by atoms with E-state index in [2.05, 4.69) is 5.32 Å². The first-order valence-corrected chi connectivity index (χ1v) is 9.49. The van der Waals surface area contributed by atoms with E-state index in [-0.39, 0.29) is 0 Å². The van der Waals surface area contributed by atoms with Crippen LogP contribution in [0.25, 0.3) is 0 Å². The van der Waals surface area contributed by atoms with Gasteiger partial charge in [-0.25, -0.2) is 8.42 Å². The van der Waals surface area contributed by atoms with E-state index >= 15 is 0 Å². The first-order chi connectivity index (χ1) is 9.95. The van der Waals surface area contributed by atoms with Gasteiger partial charge in [-0.2, -0.15) is 0 Å². The molecule has 0 heterocycles. The maximum Gasteiger partial charge on any atom is 0.244 e. The molecule has 130 valence electrons. The molecule has 0 aliphatic heterocycles. The number of hydrogen-bond acceptors (Lipinski definition) is 5. The second kappa shape index (κ2) is 8.62. The Kier molecular flexibility index (Phi) is 8.25. The zero-order chi connectivity index (χ0) is 17.6. The Bertz CT molecular complexity index is 474. The minimum absolute atomic E-state index is 0.430. The Morgan fingerprint density at radius 3 is 1.91 bits per heavy atom. The smallest absolute Gasteiger partial charge is 0.244 e. The van der Waals surface area contributed by atoms with Gasteiger partial charge < -0.3 is 5.73 Å². The molecule has 0 spiro atoms. The summed E-state index contributed by atoms with van der Waals surface area (Å²) in [5.74, 6) is -1.64. The highest BCUT2D eigenvalue weighted by Crippen LogP contribution is 2.17. The van der Waals surface area contributed by atoms with Crippen molar-refractivity contribution in [2.75, 3.05) is 5.75 Å². The van der Waals surface area contributed by atoms with Gasteiger partial charge in [-0.3, -0.25) is 14.9 Å². The number of hydrogen-bond donors (Lipinski definition) is 2. The van der Waals surface area contributed by atoms with E-state index in [9.17, 15) is 18.0 Å². The minimum Gasteiger partial charge on any atom is -0.319 e. The van der Waals surface area contributed by atoms with Crippen LogP contribution < -0.4 is 11.1 Å². The number of sulfone groups is 1. The van der Waals surface area contributed by atoms with Crippen molar-refractivity contribution in [1.82, 2.24) is 5.32 Å². The molecule has 2 amide bonds. The maximum atomic E-state index is 12.4. The molecule has 0 aliphatic rings. The van der Waals surface area contributed by atoms with Gasteiger partial charge in [-0.1, -0.05) is 47.5 Å². The summed E-state index contributed by atoms with van der Waals surface area (Å²) < 4.78 is 24.7. The molecule has 0 saturated heterocycles. The second-order valence-electron chi connectivity index (χ2n) is 6.70. The van der Waals surface area contributed by atoms with Gasteiger partial charge in [0.2, 0.25) is 11.8 Å². The van der Waals surface area contributed by atoms with Crippen molar-refractivity contribution < 1.29 is 18.0 Å². The lowest BCUT2D eigenvalue weighted by atomic mass is 9.95. The van der Waals surface area contributed by atoms with Gasteiger partial charge in [0.15, 0.2) is 9.84 Å². The lowest BCUT2D eigenvalue weighted by Gasteiger charge is -2.21. The molecule has 0 aromatic carbocycles. The van der Waals surface area contributed by atoms with Crippen LogP contribution in [0.5, 0.6) is 0 Å². The molecular weight excluding hydrogens is 304 g/mol. The first kappa shape index (κ1) is 21.0. The van der Waals surface area contributed by atoms with Gasteiger partial charge in [0.1, 0.15) is 0 Å². The van der Waals surface area contributed by atoms with E-state index in [1.807, 2.05) is 13.8 Å². The lowest BCUT2D eigenvalue weighted by molar-refractivity contribution is -0.135. The summed E-state index contributed by atoms with van der Waals surface area (Å²) in [4.78, 5) is 23.6. The van der Waals surface area contributed by atoms with Crippen molar-refractivity contribution in [3.8, 4) is 0 Å². The van der Waals surface area contributed by atoms with Crippen molar-refractivity contribution in [2.24, 2.45) is 11.1 Å². The molecule has 0 fully saturated rings. The maximum absolute atomic E-state index is 12.4. The van der Waals surface area contributed by atoms with Crippen LogP contribution in [0.4, 0.5) is 0 Å². The Morgan fingerprint density at radius 2 is 1.55 bits per heavy atom. The van der Waals surface area contributed by atoms with E-state index in [4.69, 9.17) is 5.73 Å². The molecule has 0 radical (unpaired) electrons. The van der Waals surface area contributed by atoms with E-state index in [1.54, 1.807) is 20.8 Å². The summed E-state index contributed by atoms with van der Waals surface area (Å²) in [5, 5.41) is 1.71. The zero-order valence-electron chi connectivity index (χ0n) is 14.3. The molecule has 0 bridgehead atoms. The molecule has 1 atom stereocenters. The Morgan fingerprint density at radius 1 is 1.09 bits per heavy atom. The third kappa shape index (κ3) is 6.87. The van der Waals surface area contributed by atoms with Crippen molar-refractivity contribution in [1.29, 1.82) is 0 Å². The normalized spacial score (nSPS) is 14.0. The number of rotatable bonds is 8. The number of nitrogens with two attached hydrogens (primary N) is 1. The van der Waals surface area contributed by atoms with E-state index < -0.39 is 44.1 Å². The largest absolute Gasteiger partial charge is 0.319 e. The van der Waals surface area contributed by atoms with Gasteiger partial charge in [-0.05, 0) is 12.8 Å². The molecule has 22 heavy (non-hydrogen) atoms. The van der Waals surface area contributed by atoms with Crippen LogP contribution in [0.2, 0.25) is 0 Å². The highest BCUT2D eigenvalue weighted by Gasteiger charge is 2.31. The number of nitrogens with one attached hydrogen (secondary N) is 1. The second-order valence-corrected chi connectivity index (χ2v) is 9.03. The first-order valence-electron chi connectivity index (χ1n) is 7.78. The highest BCUT2D eigenvalue weighted by atomic mass is 32.2. The summed E-state index contributed by atoms with van der Waals surface area (Å²) >= 11 is 0. The Hall–Kier alpha value is -0.950. The van der Waals surface area contributed by atoms with Crippen LogP contribution in [0.1, 0.15) is 60.3 Å². The third-order valence-corrected chi connectivity index (χ3v) is 5.71. The molecule has 3 N–H and O–H groups in total. The highest BCUT2D eigenvalue weighted by molar-refractivity contribution is 7.92. The summed E-state index contributed by atoms with van der Waals surface area (Å²) in [7, 11) is -3.46. The predicted molar refractivity (Wildman–Crippen MR) is 88.0 cm³/mol. The van der Waals surface area contributed by atoms with Crippen molar-refractivity contribution in [3.63, 3.8) is 0 Å². The lowest BCUT2D eigenvalue weighted by Crippen LogP contribution is -2.50. The van der Waals surface area contributed by atoms with E-state index in [0.29, 0.717) is 12.8 Å². The van der Waals surface area contributed by atoms with Crippen molar-refractivity contribution in [3.05, 3.63) is 0 Å². The Labute approximate surface area is 134 Å². The molecule has 6 nitrogen and oxygen atoms in total. The average molecular weight is 334 g/mol. The third-order valence-electron chi connectivity index (χ3n) is 3.40. The summed E-state index contributed by atoms with van der Waals surface area (Å²) in [6.45, 7) is 8.84. The topological polar surface area (TPSA) is 106 Å². The molecule has 0 rings (SSSR count). The number of amides is 2. The van der Waals surface area contributed by atoms with Crippen molar-refractivity contribution in [2.45, 2.75) is 71.6 Å². The molecular formula is C15H30N2O4S. The predicted octanol–water partition coefficient (Wildman–Crippen LogP) is 1.39. The molecule has 0 aromatic heterocycles. The summed E-state index contributed by atoms with van der Waals surface area (Å²) in [5.41, 5.74) is 4.95. The van der Waals surface area contributed by atoms with Crippen LogP contribution in [0.3, 0.4) is 0 Å². The fraction of sp³-hybridized carbons (Fsp3) is 0.867. The molecule has 7 heteroatoms.